The maximum absolute atomic E-state index is 5.91. The molecule has 1 atom stereocenters. The van der Waals surface area contributed by atoms with Crippen LogP contribution >= 0.6 is 0 Å². The van der Waals surface area contributed by atoms with Crippen LogP contribution in [-0.2, 0) is 6.54 Å². The van der Waals surface area contributed by atoms with E-state index in [1.165, 1.54) is 5.56 Å². The summed E-state index contributed by atoms with van der Waals surface area (Å²) in [5, 5.41) is 8.49. The lowest BCUT2D eigenvalue weighted by Crippen LogP contribution is -2.34. The molecule has 1 aliphatic rings. The summed E-state index contributed by atoms with van der Waals surface area (Å²) in [6.45, 7) is 4.73. The Morgan fingerprint density at radius 2 is 1.96 bits per heavy atom. The molecule has 1 saturated heterocycles. The Morgan fingerprint density at radius 3 is 2.82 bits per heavy atom. The van der Waals surface area contributed by atoms with Gasteiger partial charge in [-0.05, 0) is 50.6 Å². The van der Waals surface area contributed by atoms with Crippen molar-refractivity contribution in [2.45, 2.75) is 32.2 Å². The van der Waals surface area contributed by atoms with Crippen molar-refractivity contribution in [2.75, 3.05) is 13.1 Å². The molecule has 0 amide bonds. The first-order valence-corrected chi connectivity index (χ1v) is 9.81. The molecule has 4 aromatic rings. The number of aromatic amines is 1. The molecule has 5 rings (SSSR count). The van der Waals surface area contributed by atoms with E-state index in [2.05, 4.69) is 51.3 Å². The summed E-state index contributed by atoms with van der Waals surface area (Å²) in [5.41, 5.74) is 4.32. The van der Waals surface area contributed by atoms with E-state index < -0.39 is 0 Å². The summed E-state index contributed by atoms with van der Waals surface area (Å²) >= 11 is 0. The minimum atomic E-state index is 0.403. The molecule has 1 unspecified atom stereocenters. The van der Waals surface area contributed by atoms with Crippen LogP contribution < -0.4 is 0 Å². The fourth-order valence-electron chi connectivity index (χ4n) is 3.91. The number of para-hydroxylation sites is 2. The number of fused-ring (bicyclic) bond motifs is 1. The van der Waals surface area contributed by atoms with Gasteiger partial charge in [0.1, 0.15) is 5.82 Å². The third-order valence-corrected chi connectivity index (χ3v) is 5.42. The summed E-state index contributed by atoms with van der Waals surface area (Å²) in [5.74, 6) is 2.74. The molecule has 1 fully saturated rings. The lowest BCUT2D eigenvalue weighted by molar-refractivity contribution is 0.181. The number of H-pyrrole nitrogens is 1. The molecule has 6 nitrogen and oxygen atoms in total. The standard InChI is InChI=1S/C22H23N5O/c1-15-8-10-16(11-9-15)22-26-25-20(28-22)14-27-12-4-5-17(13-27)21-23-18-6-2-3-7-19(18)24-21/h2-3,6-11,17H,4-5,12-14H2,1H3,(H,23,24). The highest BCUT2D eigenvalue weighted by atomic mass is 16.4. The zero-order valence-corrected chi connectivity index (χ0v) is 15.9. The first-order chi connectivity index (χ1) is 13.7. The number of hydrogen-bond acceptors (Lipinski definition) is 5. The molecule has 6 heteroatoms. The Bertz CT molecular complexity index is 1050. The average Bonchev–Trinajstić information content (AvgIpc) is 3.36. The van der Waals surface area contributed by atoms with Crippen LogP contribution in [0.2, 0.25) is 0 Å². The van der Waals surface area contributed by atoms with Gasteiger partial charge in [-0.2, -0.15) is 0 Å². The van der Waals surface area contributed by atoms with Crippen LogP contribution in [0.5, 0.6) is 0 Å². The van der Waals surface area contributed by atoms with Crippen molar-refractivity contribution in [3.05, 3.63) is 65.8 Å². The van der Waals surface area contributed by atoms with Gasteiger partial charge in [0, 0.05) is 18.0 Å². The minimum Gasteiger partial charge on any atom is -0.419 e. The van der Waals surface area contributed by atoms with Crippen LogP contribution in [0, 0.1) is 6.92 Å². The van der Waals surface area contributed by atoms with Crippen molar-refractivity contribution < 1.29 is 4.42 Å². The molecule has 1 N–H and O–H groups in total. The van der Waals surface area contributed by atoms with Gasteiger partial charge in [0.25, 0.3) is 0 Å². The van der Waals surface area contributed by atoms with E-state index in [1.54, 1.807) is 0 Å². The van der Waals surface area contributed by atoms with E-state index in [4.69, 9.17) is 9.40 Å². The second-order valence-corrected chi connectivity index (χ2v) is 7.58. The fraction of sp³-hybridized carbons (Fsp3) is 0.318. The van der Waals surface area contributed by atoms with E-state index in [0.717, 1.165) is 48.4 Å². The Labute approximate surface area is 163 Å². The third kappa shape index (κ3) is 3.43. The normalized spacial score (nSPS) is 18.0. The quantitative estimate of drug-likeness (QED) is 0.577. The molecule has 0 saturated carbocycles. The maximum atomic E-state index is 5.91. The molecule has 3 heterocycles. The van der Waals surface area contributed by atoms with Gasteiger partial charge in [-0.25, -0.2) is 4.98 Å². The van der Waals surface area contributed by atoms with Crippen molar-refractivity contribution in [3.8, 4) is 11.5 Å². The first-order valence-electron chi connectivity index (χ1n) is 9.81. The number of hydrogen-bond donors (Lipinski definition) is 1. The third-order valence-electron chi connectivity index (χ3n) is 5.42. The smallest absolute Gasteiger partial charge is 0.247 e. The SMILES string of the molecule is Cc1ccc(-c2nnc(CN3CCCC(c4nc5ccccc5[nH]4)C3)o2)cc1. The Hall–Kier alpha value is -2.99. The van der Waals surface area contributed by atoms with Gasteiger partial charge in [0.05, 0.1) is 17.6 Å². The highest BCUT2D eigenvalue weighted by Gasteiger charge is 2.25. The number of rotatable bonds is 4. The monoisotopic (exact) mass is 373 g/mol. The largest absolute Gasteiger partial charge is 0.419 e. The second kappa shape index (κ2) is 7.20. The van der Waals surface area contributed by atoms with Gasteiger partial charge in [-0.3, -0.25) is 4.90 Å². The van der Waals surface area contributed by atoms with Gasteiger partial charge in [0.2, 0.25) is 11.8 Å². The van der Waals surface area contributed by atoms with Crippen LogP contribution in [0.4, 0.5) is 0 Å². The number of benzene rings is 2. The lowest BCUT2D eigenvalue weighted by atomic mass is 9.97. The number of imidazole rings is 1. The molecular formula is C22H23N5O. The maximum Gasteiger partial charge on any atom is 0.247 e. The van der Waals surface area contributed by atoms with E-state index in [1.807, 2.05) is 24.3 Å². The van der Waals surface area contributed by atoms with E-state index in [0.29, 0.717) is 24.2 Å². The van der Waals surface area contributed by atoms with Crippen molar-refractivity contribution in [2.24, 2.45) is 0 Å². The minimum absolute atomic E-state index is 0.403. The zero-order valence-electron chi connectivity index (χ0n) is 15.9. The molecule has 0 bridgehead atoms. The lowest BCUT2D eigenvalue weighted by Gasteiger charge is -2.30. The zero-order chi connectivity index (χ0) is 18.9. The van der Waals surface area contributed by atoms with Crippen LogP contribution in [0.3, 0.4) is 0 Å². The van der Waals surface area contributed by atoms with Gasteiger partial charge >= 0.3 is 0 Å². The molecule has 28 heavy (non-hydrogen) atoms. The number of aryl methyl sites for hydroxylation is 1. The molecule has 2 aromatic heterocycles. The molecule has 2 aromatic carbocycles. The Kier molecular flexibility index (Phi) is 4.41. The number of aromatic nitrogens is 4. The summed E-state index contributed by atoms with van der Waals surface area (Å²) in [7, 11) is 0. The van der Waals surface area contributed by atoms with Crippen molar-refractivity contribution in [3.63, 3.8) is 0 Å². The Morgan fingerprint density at radius 1 is 1.11 bits per heavy atom. The number of piperidine rings is 1. The molecular weight excluding hydrogens is 350 g/mol. The van der Waals surface area contributed by atoms with Crippen LogP contribution in [0.15, 0.2) is 52.9 Å². The summed E-state index contributed by atoms with van der Waals surface area (Å²) in [6.07, 6.45) is 2.29. The molecule has 1 aliphatic heterocycles. The molecule has 0 spiro atoms. The van der Waals surface area contributed by atoms with E-state index >= 15 is 0 Å². The van der Waals surface area contributed by atoms with Crippen molar-refractivity contribution in [1.82, 2.24) is 25.1 Å². The van der Waals surface area contributed by atoms with Crippen molar-refractivity contribution >= 4 is 11.0 Å². The molecule has 0 radical (unpaired) electrons. The van der Waals surface area contributed by atoms with E-state index in [-0.39, 0.29) is 0 Å². The van der Waals surface area contributed by atoms with Gasteiger partial charge in [-0.15, -0.1) is 10.2 Å². The van der Waals surface area contributed by atoms with Crippen LogP contribution in [0.1, 0.15) is 36.0 Å². The van der Waals surface area contributed by atoms with Gasteiger partial charge in [-0.1, -0.05) is 29.8 Å². The Balaban J connectivity index is 1.28. The van der Waals surface area contributed by atoms with Gasteiger partial charge < -0.3 is 9.40 Å². The predicted octanol–water partition coefficient (Wildman–Crippen LogP) is 4.30. The van der Waals surface area contributed by atoms with E-state index in [9.17, 15) is 0 Å². The van der Waals surface area contributed by atoms with Crippen molar-refractivity contribution in [1.29, 1.82) is 0 Å². The highest BCUT2D eigenvalue weighted by molar-refractivity contribution is 5.74. The van der Waals surface area contributed by atoms with Gasteiger partial charge in [0.15, 0.2) is 0 Å². The summed E-state index contributed by atoms with van der Waals surface area (Å²) in [6, 6.07) is 16.4. The number of nitrogens with one attached hydrogen (secondary N) is 1. The molecule has 0 aliphatic carbocycles. The fourth-order valence-corrected chi connectivity index (χ4v) is 3.91. The highest BCUT2D eigenvalue weighted by Crippen LogP contribution is 2.28. The summed E-state index contributed by atoms with van der Waals surface area (Å²) < 4.78 is 5.91. The molecule has 142 valence electrons. The number of likely N-dealkylation sites (tertiary alicyclic amines) is 1. The second-order valence-electron chi connectivity index (χ2n) is 7.58. The first kappa shape index (κ1) is 17.1. The predicted molar refractivity (Wildman–Crippen MR) is 108 cm³/mol. The topological polar surface area (TPSA) is 70.8 Å². The van der Waals surface area contributed by atoms with Crippen LogP contribution in [0.25, 0.3) is 22.5 Å². The van der Waals surface area contributed by atoms with Crippen LogP contribution in [-0.4, -0.2) is 38.2 Å². The number of nitrogens with zero attached hydrogens (tertiary/aromatic N) is 4. The average molecular weight is 373 g/mol. The summed E-state index contributed by atoms with van der Waals surface area (Å²) in [4.78, 5) is 10.7.